The van der Waals surface area contributed by atoms with E-state index < -0.39 is 0 Å². The van der Waals surface area contributed by atoms with Gasteiger partial charge in [0.25, 0.3) is 0 Å². The molecule has 0 fully saturated rings. The largest absolute Gasteiger partial charge is 0.327 e. The summed E-state index contributed by atoms with van der Waals surface area (Å²) in [6.45, 7) is 4.05. The number of carbonyl (C=O) groups excluding carboxylic acids is 1. The highest BCUT2D eigenvalue weighted by molar-refractivity contribution is 6.06. The second-order valence-electron chi connectivity index (χ2n) is 4.92. The Morgan fingerprint density at radius 3 is 2.72 bits per heavy atom. The van der Waals surface area contributed by atoms with Gasteiger partial charge in [0.05, 0.1) is 5.52 Å². The number of benzene rings is 1. The minimum absolute atomic E-state index is 0.0699. The molecule has 0 spiro atoms. The molecular weight excluding hydrogens is 224 g/mol. The predicted molar refractivity (Wildman–Crippen MR) is 73.5 cm³/mol. The summed E-state index contributed by atoms with van der Waals surface area (Å²) in [6, 6.07) is 9.40. The fourth-order valence-corrected chi connectivity index (χ4v) is 1.89. The first-order chi connectivity index (χ1) is 8.59. The summed E-state index contributed by atoms with van der Waals surface area (Å²) in [4.78, 5) is 16.5. The van der Waals surface area contributed by atoms with E-state index in [9.17, 15) is 4.79 Å². The quantitative estimate of drug-likeness (QED) is 0.839. The van der Waals surface area contributed by atoms with Gasteiger partial charge in [-0.1, -0.05) is 32.0 Å². The average Bonchev–Trinajstić information content (AvgIpc) is 2.37. The Kier molecular flexibility index (Phi) is 3.72. The molecule has 0 saturated heterocycles. The van der Waals surface area contributed by atoms with Crippen molar-refractivity contribution in [2.45, 2.75) is 26.3 Å². The first kappa shape index (κ1) is 12.7. The molecule has 0 saturated carbocycles. The van der Waals surface area contributed by atoms with Crippen LogP contribution in [-0.2, 0) is 0 Å². The molecule has 2 rings (SSSR count). The summed E-state index contributed by atoms with van der Waals surface area (Å²) in [6.07, 6.45) is 2.08. The maximum Gasteiger partial charge on any atom is 0.166 e. The van der Waals surface area contributed by atoms with E-state index in [-0.39, 0.29) is 11.8 Å². The van der Waals surface area contributed by atoms with Gasteiger partial charge >= 0.3 is 0 Å². The fourth-order valence-electron chi connectivity index (χ4n) is 1.89. The van der Waals surface area contributed by atoms with E-state index in [1.807, 2.05) is 44.2 Å². The third-order valence-electron chi connectivity index (χ3n) is 3.21. The summed E-state index contributed by atoms with van der Waals surface area (Å²) in [5, 5.41) is 0.987. The highest BCUT2D eigenvalue weighted by atomic mass is 16.1. The molecule has 2 aromatic rings. The molecule has 1 aromatic carbocycles. The van der Waals surface area contributed by atoms with Crippen molar-refractivity contribution >= 4 is 16.7 Å². The molecule has 18 heavy (non-hydrogen) atoms. The lowest BCUT2D eigenvalue weighted by atomic mass is 9.95. The zero-order valence-corrected chi connectivity index (χ0v) is 10.8. The molecule has 3 heteroatoms. The van der Waals surface area contributed by atoms with Crippen molar-refractivity contribution in [2.24, 2.45) is 11.7 Å². The van der Waals surface area contributed by atoms with Crippen LogP contribution < -0.4 is 5.73 Å². The summed E-state index contributed by atoms with van der Waals surface area (Å²) >= 11 is 0. The Labute approximate surface area is 107 Å². The first-order valence-corrected chi connectivity index (χ1v) is 6.22. The van der Waals surface area contributed by atoms with Gasteiger partial charge in [-0.15, -0.1) is 0 Å². The van der Waals surface area contributed by atoms with Crippen molar-refractivity contribution in [3.05, 3.63) is 42.1 Å². The lowest BCUT2D eigenvalue weighted by Crippen LogP contribution is -2.29. The number of hydrogen-bond donors (Lipinski definition) is 1. The van der Waals surface area contributed by atoms with Crippen LogP contribution in [0.25, 0.3) is 10.9 Å². The number of nitrogens with zero attached hydrogens (tertiary/aromatic N) is 1. The Bertz CT molecular complexity index is 558. The van der Waals surface area contributed by atoms with Crippen LogP contribution >= 0.6 is 0 Å². The monoisotopic (exact) mass is 242 g/mol. The van der Waals surface area contributed by atoms with Crippen LogP contribution in [0.2, 0.25) is 0 Å². The van der Waals surface area contributed by atoms with Gasteiger partial charge in [0.1, 0.15) is 0 Å². The van der Waals surface area contributed by atoms with Crippen LogP contribution in [0.4, 0.5) is 0 Å². The van der Waals surface area contributed by atoms with Gasteiger partial charge in [-0.25, -0.2) is 0 Å². The summed E-state index contributed by atoms with van der Waals surface area (Å²) < 4.78 is 0. The SMILES string of the molecule is CC(C)C(N)CC(=O)c1cccc2cccnc12. The molecule has 0 aliphatic heterocycles. The van der Waals surface area contributed by atoms with Gasteiger partial charge in [-0.3, -0.25) is 9.78 Å². The number of fused-ring (bicyclic) bond motifs is 1. The van der Waals surface area contributed by atoms with Crippen LogP contribution in [-0.4, -0.2) is 16.8 Å². The third kappa shape index (κ3) is 2.57. The maximum absolute atomic E-state index is 12.3. The van der Waals surface area contributed by atoms with Crippen molar-refractivity contribution in [3.8, 4) is 0 Å². The standard InChI is InChI=1S/C15H18N2O/c1-10(2)13(16)9-14(18)12-7-3-5-11-6-4-8-17-15(11)12/h3-8,10,13H,9,16H2,1-2H3. The van der Waals surface area contributed by atoms with Gasteiger partial charge in [0, 0.05) is 29.6 Å². The zero-order chi connectivity index (χ0) is 13.1. The lowest BCUT2D eigenvalue weighted by Gasteiger charge is -2.14. The number of rotatable bonds is 4. The second kappa shape index (κ2) is 5.27. The second-order valence-corrected chi connectivity index (χ2v) is 4.92. The summed E-state index contributed by atoms with van der Waals surface area (Å²) in [5.74, 6) is 0.373. The fraction of sp³-hybridized carbons (Fsp3) is 0.333. The number of pyridine rings is 1. The molecule has 1 unspecified atom stereocenters. The molecule has 0 bridgehead atoms. The van der Waals surface area contributed by atoms with Crippen LogP contribution in [0.5, 0.6) is 0 Å². The smallest absolute Gasteiger partial charge is 0.166 e. The normalized spacial score (nSPS) is 12.9. The Morgan fingerprint density at radius 2 is 2.00 bits per heavy atom. The van der Waals surface area contributed by atoms with Gasteiger partial charge in [-0.2, -0.15) is 0 Å². The number of aromatic nitrogens is 1. The van der Waals surface area contributed by atoms with E-state index in [1.165, 1.54) is 0 Å². The zero-order valence-electron chi connectivity index (χ0n) is 10.8. The molecule has 0 aliphatic rings. The number of para-hydroxylation sites is 1. The van der Waals surface area contributed by atoms with Crippen molar-refractivity contribution in [1.29, 1.82) is 0 Å². The molecule has 1 atom stereocenters. The maximum atomic E-state index is 12.3. The van der Waals surface area contributed by atoms with Gasteiger partial charge < -0.3 is 5.73 Å². The first-order valence-electron chi connectivity index (χ1n) is 6.22. The van der Waals surface area contributed by atoms with E-state index >= 15 is 0 Å². The van der Waals surface area contributed by atoms with Crippen LogP contribution in [0.15, 0.2) is 36.5 Å². The number of Topliss-reactive ketones (excluding diaryl/α,β-unsaturated/α-hetero) is 1. The third-order valence-corrected chi connectivity index (χ3v) is 3.21. The van der Waals surface area contributed by atoms with Crippen molar-refractivity contribution in [3.63, 3.8) is 0 Å². The summed E-state index contributed by atoms with van der Waals surface area (Å²) in [5.41, 5.74) is 7.39. The Morgan fingerprint density at radius 1 is 1.28 bits per heavy atom. The minimum Gasteiger partial charge on any atom is -0.327 e. The van der Waals surface area contributed by atoms with Crippen LogP contribution in [0.3, 0.4) is 0 Å². The van der Waals surface area contributed by atoms with Gasteiger partial charge in [0.15, 0.2) is 5.78 Å². The Hall–Kier alpha value is -1.74. The number of carbonyl (C=O) groups is 1. The minimum atomic E-state index is -0.100. The van der Waals surface area contributed by atoms with E-state index in [1.54, 1.807) is 6.20 Å². The van der Waals surface area contributed by atoms with Crippen molar-refractivity contribution < 1.29 is 4.79 Å². The lowest BCUT2D eigenvalue weighted by molar-refractivity contribution is 0.0969. The van der Waals surface area contributed by atoms with Crippen molar-refractivity contribution in [2.75, 3.05) is 0 Å². The van der Waals surface area contributed by atoms with Crippen LogP contribution in [0, 0.1) is 5.92 Å². The average molecular weight is 242 g/mol. The molecule has 1 heterocycles. The number of ketones is 1. The van der Waals surface area contributed by atoms with E-state index in [2.05, 4.69) is 4.98 Å². The predicted octanol–water partition coefficient (Wildman–Crippen LogP) is 2.79. The van der Waals surface area contributed by atoms with Gasteiger partial charge in [-0.05, 0) is 18.1 Å². The molecule has 94 valence electrons. The molecule has 0 radical (unpaired) electrons. The van der Waals surface area contributed by atoms with E-state index in [4.69, 9.17) is 5.73 Å². The van der Waals surface area contributed by atoms with Crippen LogP contribution in [0.1, 0.15) is 30.6 Å². The highest BCUT2D eigenvalue weighted by Crippen LogP contribution is 2.18. The Balaban J connectivity index is 2.33. The number of nitrogens with two attached hydrogens (primary N) is 1. The molecule has 0 amide bonds. The molecule has 3 nitrogen and oxygen atoms in total. The summed E-state index contributed by atoms with van der Waals surface area (Å²) in [7, 11) is 0. The highest BCUT2D eigenvalue weighted by Gasteiger charge is 2.16. The molecule has 1 aromatic heterocycles. The molecular formula is C15H18N2O. The number of hydrogen-bond acceptors (Lipinski definition) is 3. The van der Waals surface area contributed by atoms with E-state index in [0.29, 0.717) is 17.9 Å². The van der Waals surface area contributed by atoms with E-state index in [0.717, 1.165) is 10.9 Å². The topological polar surface area (TPSA) is 56.0 Å². The van der Waals surface area contributed by atoms with Crippen molar-refractivity contribution in [1.82, 2.24) is 4.98 Å². The molecule has 2 N–H and O–H groups in total. The molecule has 0 aliphatic carbocycles. The van der Waals surface area contributed by atoms with Gasteiger partial charge in [0.2, 0.25) is 0 Å².